The first kappa shape index (κ1) is 15.7. The number of hydrogen-bond donors (Lipinski definition) is 0. The minimum atomic E-state index is -0.446. The van der Waals surface area contributed by atoms with E-state index in [9.17, 15) is 4.79 Å². The third kappa shape index (κ3) is 3.24. The van der Waals surface area contributed by atoms with Crippen molar-refractivity contribution in [3.63, 3.8) is 0 Å². The lowest BCUT2D eigenvalue weighted by atomic mass is 9.87. The van der Waals surface area contributed by atoms with Gasteiger partial charge in [0.25, 0.3) is 0 Å². The van der Waals surface area contributed by atoms with Crippen molar-refractivity contribution in [2.75, 3.05) is 13.1 Å². The Labute approximate surface area is 139 Å². The molecular formula is C17H22BrNO3. The molecule has 120 valence electrons. The predicted octanol–water partition coefficient (Wildman–Crippen LogP) is 4.15. The Morgan fingerprint density at radius 2 is 2.00 bits per heavy atom. The van der Waals surface area contributed by atoms with Crippen molar-refractivity contribution in [2.45, 2.75) is 51.2 Å². The van der Waals surface area contributed by atoms with Crippen LogP contribution in [0.3, 0.4) is 0 Å². The number of rotatable bonds is 0. The SMILES string of the molecule is CC(C)(C)OC(=O)N1CCC2(CC1)Cc1ccc(Br)cc1O2. The van der Waals surface area contributed by atoms with E-state index < -0.39 is 5.60 Å². The Bertz CT molecular complexity index is 586. The molecule has 1 aromatic carbocycles. The topological polar surface area (TPSA) is 38.8 Å². The summed E-state index contributed by atoms with van der Waals surface area (Å²) in [5, 5.41) is 0. The van der Waals surface area contributed by atoms with Crippen LogP contribution < -0.4 is 4.74 Å². The molecule has 1 saturated heterocycles. The minimum Gasteiger partial charge on any atom is -0.486 e. The third-order valence-electron chi connectivity index (χ3n) is 4.19. The van der Waals surface area contributed by atoms with Gasteiger partial charge in [-0.15, -0.1) is 0 Å². The van der Waals surface area contributed by atoms with E-state index in [0.717, 1.165) is 29.5 Å². The third-order valence-corrected chi connectivity index (χ3v) is 4.69. The van der Waals surface area contributed by atoms with Crippen molar-refractivity contribution in [3.8, 4) is 5.75 Å². The van der Waals surface area contributed by atoms with Gasteiger partial charge in [-0.2, -0.15) is 0 Å². The number of likely N-dealkylation sites (tertiary alicyclic amines) is 1. The fraction of sp³-hybridized carbons (Fsp3) is 0.588. The highest BCUT2D eigenvalue weighted by Gasteiger charge is 2.43. The predicted molar refractivity (Wildman–Crippen MR) is 88.2 cm³/mol. The zero-order valence-electron chi connectivity index (χ0n) is 13.3. The van der Waals surface area contributed by atoms with Crippen LogP contribution in [-0.2, 0) is 11.2 Å². The van der Waals surface area contributed by atoms with E-state index >= 15 is 0 Å². The van der Waals surface area contributed by atoms with E-state index in [-0.39, 0.29) is 11.7 Å². The highest BCUT2D eigenvalue weighted by atomic mass is 79.9. The smallest absolute Gasteiger partial charge is 0.410 e. The van der Waals surface area contributed by atoms with E-state index in [2.05, 4.69) is 28.1 Å². The summed E-state index contributed by atoms with van der Waals surface area (Å²) in [4.78, 5) is 13.9. The highest BCUT2D eigenvalue weighted by Crippen LogP contribution is 2.42. The van der Waals surface area contributed by atoms with Crippen molar-refractivity contribution in [1.82, 2.24) is 4.90 Å². The van der Waals surface area contributed by atoms with Crippen LogP contribution in [0.1, 0.15) is 39.2 Å². The molecule has 1 spiro atoms. The molecule has 2 heterocycles. The molecule has 0 radical (unpaired) electrons. The van der Waals surface area contributed by atoms with Gasteiger partial charge < -0.3 is 14.4 Å². The molecule has 0 bridgehead atoms. The van der Waals surface area contributed by atoms with Crippen LogP contribution in [0.5, 0.6) is 5.75 Å². The number of nitrogens with zero attached hydrogens (tertiary/aromatic N) is 1. The average Bonchev–Trinajstić information content (AvgIpc) is 2.74. The van der Waals surface area contributed by atoms with Crippen molar-refractivity contribution >= 4 is 22.0 Å². The molecule has 2 aliphatic rings. The number of halogens is 1. The Hall–Kier alpha value is -1.23. The summed E-state index contributed by atoms with van der Waals surface area (Å²) < 4.78 is 12.7. The lowest BCUT2D eigenvalue weighted by Crippen LogP contribution is -2.50. The average molecular weight is 368 g/mol. The summed E-state index contributed by atoms with van der Waals surface area (Å²) in [7, 11) is 0. The molecule has 0 saturated carbocycles. The van der Waals surface area contributed by atoms with Crippen LogP contribution in [0.2, 0.25) is 0 Å². The molecule has 5 heteroatoms. The molecule has 0 N–H and O–H groups in total. The number of amides is 1. The van der Waals surface area contributed by atoms with Crippen LogP contribution in [0.25, 0.3) is 0 Å². The molecule has 22 heavy (non-hydrogen) atoms. The summed E-state index contributed by atoms with van der Waals surface area (Å²) in [6.45, 7) is 7.05. The zero-order valence-corrected chi connectivity index (χ0v) is 14.9. The van der Waals surface area contributed by atoms with Crippen LogP contribution >= 0.6 is 15.9 Å². The second kappa shape index (κ2) is 5.44. The Kier molecular flexibility index (Phi) is 3.87. The molecule has 0 aromatic heterocycles. The summed E-state index contributed by atoms with van der Waals surface area (Å²) >= 11 is 3.48. The fourth-order valence-corrected chi connectivity index (χ4v) is 3.43. The maximum atomic E-state index is 12.1. The first-order chi connectivity index (χ1) is 10.3. The van der Waals surface area contributed by atoms with Crippen molar-refractivity contribution in [3.05, 3.63) is 28.2 Å². The lowest BCUT2D eigenvalue weighted by Gasteiger charge is -2.39. The number of carbonyl (C=O) groups excluding carboxylic acids is 1. The van der Waals surface area contributed by atoms with Gasteiger partial charge in [-0.3, -0.25) is 0 Å². The number of benzene rings is 1. The number of hydrogen-bond acceptors (Lipinski definition) is 3. The molecule has 0 unspecified atom stereocenters. The lowest BCUT2D eigenvalue weighted by molar-refractivity contribution is -0.00888. The molecule has 3 rings (SSSR count). The molecule has 4 nitrogen and oxygen atoms in total. The van der Waals surface area contributed by atoms with E-state index in [1.165, 1.54) is 5.56 Å². The summed E-state index contributed by atoms with van der Waals surface area (Å²) in [5.74, 6) is 0.972. The van der Waals surface area contributed by atoms with Gasteiger partial charge in [0.05, 0.1) is 0 Å². The van der Waals surface area contributed by atoms with Gasteiger partial charge in [0.2, 0.25) is 0 Å². The van der Waals surface area contributed by atoms with E-state index in [4.69, 9.17) is 9.47 Å². The first-order valence-corrected chi connectivity index (χ1v) is 8.51. The second-order valence-corrected chi connectivity index (χ2v) is 8.10. The Morgan fingerprint density at radius 3 is 2.64 bits per heavy atom. The van der Waals surface area contributed by atoms with E-state index in [1.54, 1.807) is 4.90 Å². The number of ether oxygens (including phenoxy) is 2. The minimum absolute atomic E-state index is 0.151. The molecule has 0 atom stereocenters. The molecule has 1 amide bonds. The van der Waals surface area contributed by atoms with Gasteiger partial charge in [-0.1, -0.05) is 22.0 Å². The molecular weight excluding hydrogens is 346 g/mol. The number of fused-ring (bicyclic) bond motifs is 1. The normalized spacial score (nSPS) is 19.7. The standard InChI is InChI=1S/C17H22BrNO3/c1-16(2,3)22-15(20)19-8-6-17(7-9-19)11-12-4-5-13(18)10-14(12)21-17/h4-5,10H,6-9,11H2,1-3H3. The van der Waals surface area contributed by atoms with Crippen LogP contribution in [0, 0.1) is 0 Å². The Balaban J connectivity index is 1.62. The largest absolute Gasteiger partial charge is 0.486 e. The van der Waals surface area contributed by atoms with Crippen LogP contribution in [0.15, 0.2) is 22.7 Å². The van der Waals surface area contributed by atoms with Crippen LogP contribution in [-0.4, -0.2) is 35.3 Å². The van der Waals surface area contributed by atoms with Crippen LogP contribution in [0.4, 0.5) is 4.79 Å². The van der Waals surface area contributed by atoms with Crippen molar-refractivity contribution in [1.29, 1.82) is 0 Å². The van der Waals surface area contributed by atoms with Crippen molar-refractivity contribution in [2.24, 2.45) is 0 Å². The van der Waals surface area contributed by atoms with Gasteiger partial charge >= 0.3 is 6.09 Å². The molecule has 0 aliphatic carbocycles. The molecule has 2 aliphatic heterocycles. The maximum absolute atomic E-state index is 12.1. The van der Waals surface area contributed by atoms with Gasteiger partial charge in [0.15, 0.2) is 0 Å². The van der Waals surface area contributed by atoms with Gasteiger partial charge in [-0.05, 0) is 38.5 Å². The fourth-order valence-electron chi connectivity index (χ4n) is 3.09. The summed E-state index contributed by atoms with van der Waals surface area (Å²) in [6.07, 6.45) is 2.40. The number of carbonyl (C=O) groups is 1. The van der Waals surface area contributed by atoms with Gasteiger partial charge in [0, 0.05) is 36.8 Å². The second-order valence-electron chi connectivity index (χ2n) is 7.18. The number of piperidine rings is 1. The van der Waals surface area contributed by atoms with Gasteiger partial charge in [0.1, 0.15) is 17.0 Å². The van der Waals surface area contributed by atoms with Gasteiger partial charge in [-0.25, -0.2) is 4.79 Å². The molecule has 1 fully saturated rings. The zero-order chi connectivity index (χ0) is 16.0. The summed E-state index contributed by atoms with van der Waals surface area (Å²) in [6, 6.07) is 6.20. The summed E-state index contributed by atoms with van der Waals surface area (Å²) in [5.41, 5.74) is 0.661. The first-order valence-electron chi connectivity index (χ1n) is 7.72. The van der Waals surface area contributed by atoms with Crippen molar-refractivity contribution < 1.29 is 14.3 Å². The van der Waals surface area contributed by atoms with E-state index in [1.807, 2.05) is 26.8 Å². The molecule has 1 aromatic rings. The van der Waals surface area contributed by atoms with E-state index in [0.29, 0.717) is 13.1 Å². The Morgan fingerprint density at radius 1 is 1.32 bits per heavy atom. The monoisotopic (exact) mass is 367 g/mol. The quantitative estimate of drug-likeness (QED) is 0.691. The highest BCUT2D eigenvalue weighted by molar-refractivity contribution is 9.10. The maximum Gasteiger partial charge on any atom is 0.410 e.